The molecule has 3 heterocycles. The fraction of sp³-hybridized carbons (Fsp3) is 0.591. The molecule has 0 unspecified atom stereocenters. The predicted octanol–water partition coefficient (Wildman–Crippen LogP) is 3.16. The van der Waals surface area contributed by atoms with E-state index >= 15 is 0 Å². The highest BCUT2D eigenvalue weighted by atomic mass is 32.2. The second-order valence-electron chi connectivity index (χ2n) is 7.92. The molecule has 1 aromatic carbocycles. The Labute approximate surface area is 182 Å². The number of likely N-dealkylation sites (tertiary alicyclic amines) is 1. The fourth-order valence-corrected chi connectivity index (χ4v) is 5.07. The third kappa shape index (κ3) is 4.49. The molecule has 30 heavy (non-hydrogen) atoms. The third-order valence-electron chi connectivity index (χ3n) is 5.97. The summed E-state index contributed by atoms with van der Waals surface area (Å²) in [6.07, 6.45) is 4.33. The Bertz CT molecular complexity index is 865. The molecule has 7 nitrogen and oxygen atoms in total. The normalized spacial score (nSPS) is 19.9. The number of morpholine rings is 1. The Morgan fingerprint density at radius 3 is 2.73 bits per heavy atom. The van der Waals surface area contributed by atoms with Gasteiger partial charge < -0.3 is 14.5 Å². The molecule has 0 bridgehead atoms. The van der Waals surface area contributed by atoms with Crippen LogP contribution in [0.2, 0.25) is 0 Å². The minimum absolute atomic E-state index is 0.193. The fourth-order valence-electron chi connectivity index (χ4n) is 4.24. The number of nitrogens with zero attached hydrogens (tertiary/aromatic N) is 5. The number of thioether (sulfide) groups is 1. The molecule has 0 spiro atoms. The summed E-state index contributed by atoms with van der Waals surface area (Å²) in [4.78, 5) is 17.1. The average molecular weight is 430 g/mol. The van der Waals surface area contributed by atoms with Gasteiger partial charge >= 0.3 is 0 Å². The Kier molecular flexibility index (Phi) is 6.94. The Balaban J connectivity index is 1.61. The van der Waals surface area contributed by atoms with Crippen molar-refractivity contribution in [2.24, 2.45) is 0 Å². The largest absolute Gasteiger partial charge is 0.378 e. The lowest BCUT2D eigenvalue weighted by atomic mass is 10.0. The van der Waals surface area contributed by atoms with E-state index in [0.717, 1.165) is 55.7 Å². The minimum atomic E-state index is 0.193. The van der Waals surface area contributed by atoms with E-state index in [-0.39, 0.29) is 5.91 Å². The summed E-state index contributed by atoms with van der Waals surface area (Å²) in [5.41, 5.74) is 2.33. The number of carbonyl (C=O) groups is 1. The highest BCUT2D eigenvalue weighted by molar-refractivity contribution is 7.99. The molecule has 0 N–H and O–H groups in total. The van der Waals surface area contributed by atoms with Crippen molar-refractivity contribution in [3.63, 3.8) is 0 Å². The zero-order valence-corrected chi connectivity index (χ0v) is 18.7. The van der Waals surface area contributed by atoms with Gasteiger partial charge in [-0.2, -0.15) is 0 Å². The first-order valence-electron chi connectivity index (χ1n) is 11.0. The lowest BCUT2D eigenvalue weighted by Crippen LogP contribution is -2.43. The predicted molar refractivity (Wildman–Crippen MR) is 120 cm³/mol. The maximum absolute atomic E-state index is 12.9. The van der Waals surface area contributed by atoms with Crippen LogP contribution in [0.5, 0.6) is 0 Å². The number of ether oxygens (including phenoxy) is 1. The first kappa shape index (κ1) is 21.2. The van der Waals surface area contributed by atoms with Gasteiger partial charge in [-0.3, -0.25) is 9.36 Å². The molecule has 4 rings (SSSR count). The Morgan fingerprint density at radius 2 is 1.97 bits per heavy atom. The molecule has 1 amide bonds. The zero-order chi connectivity index (χ0) is 20.9. The topological polar surface area (TPSA) is 63.5 Å². The SMILES string of the molecule is CCc1ccccc1-n1c(SCC(=O)N2CCCC[C@H]2C)nnc1N1CCOCC1. The molecule has 2 fully saturated rings. The van der Waals surface area contributed by atoms with Crippen LogP contribution in [0, 0.1) is 0 Å². The molecule has 162 valence electrons. The minimum Gasteiger partial charge on any atom is -0.378 e. The lowest BCUT2D eigenvalue weighted by molar-refractivity contribution is -0.131. The number of amides is 1. The molecule has 2 saturated heterocycles. The first-order chi connectivity index (χ1) is 14.7. The lowest BCUT2D eigenvalue weighted by Gasteiger charge is -2.33. The van der Waals surface area contributed by atoms with E-state index in [0.29, 0.717) is 25.0 Å². The van der Waals surface area contributed by atoms with Crippen molar-refractivity contribution in [2.75, 3.05) is 43.5 Å². The van der Waals surface area contributed by atoms with Crippen LogP contribution in [-0.2, 0) is 16.0 Å². The van der Waals surface area contributed by atoms with Crippen LogP contribution >= 0.6 is 11.8 Å². The molecule has 0 radical (unpaired) electrons. The second kappa shape index (κ2) is 9.83. The van der Waals surface area contributed by atoms with Crippen LogP contribution in [0.3, 0.4) is 0 Å². The number of hydrogen-bond acceptors (Lipinski definition) is 6. The number of para-hydroxylation sites is 1. The summed E-state index contributed by atoms with van der Waals surface area (Å²) in [5, 5.41) is 9.81. The molecule has 1 atom stereocenters. The van der Waals surface area contributed by atoms with Crippen molar-refractivity contribution in [3.8, 4) is 5.69 Å². The van der Waals surface area contributed by atoms with Gasteiger partial charge in [-0.05, 0) is 44.2 Å². The van der Waals surface area contributed by atoms with Gasteiger partial charge in [0.05, 0.1) is 24.7 Å². The molecule has 0 aliphatic carbocycles. The smallest absolute Gasteiger partial charge is 0.233 e. The maximum Gasteiger partial charge on any atom is 0.233 e. The molecule has 2 aliphatic rings. The van der Waals surface area contributed by atoms with Crippen LogP contribution in [0.4, 0.5) is 5.95 Å². The highest BCUT2D eigenvalue weighted by Crippen LogP contribution is 2.30. The Morgan fingerprint density at radius 1 is 1.17 bits per heavy atom. The van der Waals surface area contributed by atoms with Gasteiger partial charge in [0.1, 0.15) is 0 Å². The van der Waals surface area contributed by atoms with Crippen molar-refractivity contribution in [2.45, 2.75) is 50.7 Å². The van der Waals surface area contributed by atoms with Crippen LogP contribution in [0.25, 0.3) is 5.69 Å². The molecular formula is C22H31N5O2S. The van der Waals surface area contributed by atoms with E-state index in [2.05, 4.69) is 51.7 Å². The summed E-state index contributed by atoms with van der Waals surface area (Å²) >= 11 is 1.49. The van der Waals surface area contributed by atoms with E-state index in [1.165, 1.54) is 23.7 Å². The molecule has 8 heteroatoms. The van der Waals surface area contributed by atoms with Crippen molar-refractivity contribution >= 4 is 23.6 Å². The summed E-state index contributed by atoms with van der Waals surface area (Å²) in [5.74, 6) is 1.42. The van der Waals surface area contributed by atoms with E-state index in [9.17, 15) is 4.79 Å². The molecular weight excluding hydrogens is 398 g/mol. The summed E-state index contributed by atoms with van der Waals surface area (Å²) < 4.78 is 7.65. The second-order valence-corrected chi connectivity index (χ2v) is 8.86. The standard InChI is InChI=1S/C22H31N5O2S/c1-3-18-9-4-5-10-19(18)27-21(25-12-14-29-15-13-25)23-24-22(27)30-16-20(28)26-11-7-6-8-17(26)2/h4-5,9-10,17H,3,6-8,11-16H2,1-2H3/t17-/m1/s1. The number of hydrogen-bond donors (Lipinski definition) is 0. The van der Waals surface area contributed by atoms with Crippen LogP contribution < -0.4 is 4.90 Å². The highest BCUT2D eigenvalue weighted by Gasteiger charge is 2.26. The van der Waals surface area contributed by atoms with Crippen molar-refractivity contribution < 1.29 is 9.53 Å². The quantitative estimate of drug-likeness (QED) is 0.658. The number of carbonyl (C=O) groups excluding carboxylic acids is 1. The average Bonchev–Trinajstić information content (AvgIpc) is 3.22. The van der Waals surface area contributed by atoms with Gasteiger partial charge in [-0.1, -0.05) is 36.9 Å². The summed E-state index contributed by atoms with van der Waals surface area (Å²) in [6.45, 7) is 8.14. The van der Waals surface area contributed by atoms with Gasteiger partial charge in [0.15, 0.2) is 5.16 Å². The maximum atomic E-state index is 12.9. The van der Waals surface area contributed by atoms with Crippen molar-refractivity contribution in [3.05, 3.63) is 29.8 Å². The van der Waals surface area contributed by atoms with Crippen molar-refractivity contribution in [1.82, 2.24) is 19.7 Å². The first-order valence-corrected chi connectivity index (χ1v) is 12.0. The van der Waals surface area contributed by atoms with Crippen LogP contribution in [-0.4, -0.2) is 70.2 Å². The molecule has 2 aromatic rings. The molecule has 2 aliphatic heterocycles. The monoisotopic (exact) mass is 429 g/mol. The van der Waals surface area contributed by atoms with Gasteiger partial charge in [0.25, 0.3) is 0 Å². The third-order valence-corrected chi connectivity index (χ3v) is 6.89. The number of rotatable bonds is 6. The Hall–Kier alpha value is -2.06. The number of piperidine rings is 1. The van der Waals surface area contributed by atoms with Gasteiger partial charge in [-0.15, -0.1) is 10.2 Å². The summed E-state index contributed by atoms with van der Waals surface area (Å²) in [7, 11) is 0. The van der Waals surface area contributed by atoms with Gasteiger partial charge in [0, 0.05) is 25.7 Å². The zero-order valence-electron chi connectivity index (χ0n) is 17.9. The van der Waals surface area contributed by atoms with E-state index in [4.69, 9.17) is 4.74 Å². The number of benzene rings is 1. The van der Waals surface area contributed by atoms with E-state index in [1.807, 2.05) is 11.0 Å². The van der Waals surface area contributed by atoms with Crippen LogP contribution in [0.1, 0.15) is 38.7 Å². The molecule has 0 saturated carbocycles. The number of aromatic nitrogens is 3. The molecule has 1 aromatic heterocycles. The van der Waals surface area contributed by atoms with Gasteiger partial charge in [-0.25, -0.2) is 0 Å². The van der Waals surface area contributed by atoms with Gasteiger partial charge in [0.2, 0.25) is 11.9 Å². The van der Waals surface area contributed by atoms with E-state index < -0.39 is 0 Å². The summed E-state index contributed by atoms with van der Waals surface area (Å²) in [6, 6.07) is 8.70. The van der Waals surface area contributed by atoms with E-state index in [1.54, 1.807) is 0 Å². The van der Waals surface area contributed by atoms with Crippen molar-refractivity contribution in [1.29, 1.82) is 0 Å². The number of anilines is 1. The number of aryl methyl sites for hydroxylation is 1. The van der Waals surface area contributed by atoms with Crippen LogP contribution in [0.15, 0.2) is 29.4 Å².